The number of nitrogens with one attached hydrogen (secondary N) is 1. The van der Waals surface area contributed by atoms with Crippen molar-refractivity contribution >= 4 is 42.4 Å². The Hall–Kier alpha value is -2.45. The molecule has 8 heteroatoms. The number of thiazole rings is 1. The summed E-state index contributed by atoms with van der Waals surface area (Å²) in [6.07, 6.45) is -0.135. The molecular weight excluding hydrogens is 360 g/mol. The zero-order valence-electron chi connectivity index (χ0n) is 13.4. The maximum Gasteiger partial charge on any atom is 0.227 e. The number of anilines is 1. The summed E-state index contributed by atoms with van der Waals surface area (Å²) in [5.74, 6) is -0.0183. The van der Waals surface area contributed by atoms with E-state index in [1.54, 1.807) is 31.4 Å². The topological polar surface area (TPSA) is 85.4 Å². The number of carbonyl (C=O) groups is 1. The highest BCUT2D eigenvalue weighted by molar-refractivity contribution is 7.91. The quantitative estimate of drug-likeness (QED) is 0.714. The molecule has 0 radical (unpaired) electrons. The van der Waals surface area contributed by atoms with Gasteiger partial charge in [-0.15, -0.1) is 0 Å². The maximum absolute atomic E-state index is 12.2. The van der Waals surface area contributed by atoms with Crippen LogP contribution in [0.15, 0.2) is 53.4 Å². The van der Waals surface area contributed by atoms with Gasteiger partial charge in [0.1, 0.15) is 11.3 Å². The molecule has 0 unspecified atom stereocenters. The molecule has 6 nitrogen and oxygen atoms in total. The predicted molar refractivity (Wildman–Crippen MR) is 97.9 cm³/mol. The molecule has 0 saturated heterocycles. The lowest BCUT2D eigenvalue weighted by atomic mass is 10.3. The van der Waals surface area contributed by atoms with Gasteiger partial charge in [0.2, 0.25) is 5.91 Å². The average Bonchev–Trinajstić information content (AvgIpc) is 3.03. The van der Waals surface area contributed by atoms with Crippen molar-refractivity contribution in [3.63, 3.8) is 0 Å². The molecule has 130 valence electrons. The Balaban J connectivity index is 1.67. The Bertz CT molecular complexity index is 998. The summed E-state index contributed by atoms with van der Waals surface area (Å²) in [5.41, 5.74) is 0.669. The fourth-order valence-corrected chi connectivity index (χ4v) is 4.46. The number of amides is 1. The number of benzene rings is 2. The summed E-state index contributed by atoms with van der Waals surface area (Å²) < 4.78 is 30.5. The predicted octanol–water partition coefficient (Wildman–Crippen LogP) is 3.11. The maximum atomic E-state index is 12.2. The number of hydrogen-bond donors (Lipinski definition) is 1. The van der Waals surface area contributed by atoms with Crippen molar-refractivity contribution in [2.24, 2.45) is 0 Å². The van der Waals surface area contributed by atoms with Gasteiger partial charge in [0, 0.05) is 6.42 Å². The molecule has 1 aromatic heterocycles. The molecule has 25 heavy (non-hydrogen) atoms. The highest BCUT2D eigenvalue weighted by Gasteiger charge is 2.17. The van der Waals surface area contributed by atoms with Gasteiger partial charge in [-0.2, -0.15) is 0 Å². The number of nitrogens with zero attached hydrogens (tertiary/aromatic N) is 1. The summed E-state index contributed by atoms with van der Waals surface area (Å²) in [6.45, 7) is 0. The third kappa shape index (κ3) is 3.97. The lowest BCUT2D eigenvalue weighted by molar-refractivity contribution is -0.115. The van der Waals surface area contributed by atoms with Gasteiger partial charge in [-0.05, 0) is 24.3 Å². The van der Waals surface area contributed by atoms with E-state index in [2.05, 4.69) is 10.3 Å². The number of fused-ring (bicyclic) bond motifs is 1. The van der Waals surface area contributed by atoms with Crippen LogP contribution < -0.4 is 10.1 Å². The summed E-state index contributed by atoms with van der Waals surface area (Å²) in [6, 6.07) is 13.6. The second kappa shape index (κ2) is 7.20. The van der Waals surface area contributed by atoms with Crippen molar-refractivity contribution in [3.05, 3.63) is 48.5 Å². The van der Waals surface area contributed by atoms with Gasteiger partial charge >= 0.3 is 0 Å². The van der Waals surface area contributed by atoms with Crippen molar-refractivity contribution in [1.29, 1.82) is 0 Å². The molecule has 0 aliphatic rings. The van der Waals surface area contributed by atoms with Gasteiger partial charge in [0.25, 0.3) is 0 Å². The number of aromatic nitrogens is 1. The van der Waals surface area contributed by atoms with Crippen LogP contribution in [0.5, 0.6) is 5.75 Å². The van der Waals surface area contributed by atoms with E-state index in [0.717, 1.165) is 4.70 Å². The minimum atomic E-state index is -3.48. The first-order chi connectivity index (χ1) is 12.0. The van der Waals surface area contributed by atoms with Crippen molar-refractivity contribution in [1.82, 2.24) is 4.98 Å². The van der Waals surface area contributed by atoms with Crippen molar-refractivity contribution in [3.8, 4) is 5.75 Å². The smallest absolute Gasteiger partial charge is 0.227 e. The van der Waals surface area contributed by atoms with Crippen molar-refractivity contribution in [2.45, 2.75) is 11.3 Å². The van der Waals surface area contributed by atoms with Gasteiger partial charge in [0.15, 0.2) is 15.0 Å². The molecule has 1 heterocycles. The minimum Gasteiger partial charge on any atom is -0.494 e. The molecule has 3 rings (SSSR count). The van der Waals surface area contributed by atoms with Crippen molar-refractivity contribution < 1.29 is 17.9 Å². The van der Waals surface area contributed by atoms with Gasteiger partial charge in [-0.3, -0.25) is 4.79 Å². The normalized spacial score (nSPS) is 11.4. The first-order valence-corrected chi connectivity index (χ1v) is 9.98. The molecule has 0 aliphatic carbocycles. The SMILES string of the molecule is COc1cccc2sc(NC(=O)CCS(=O)(=O)c3ccccc3)nc12. The molecule has 0 aliphatic heterocycles. The zero-order chi connectivity index (χ0) is 17.9. The van der Waals surface area contributed by atoms with Crippen LogP contribution in [0.4, 0.5) is 5.13 Å². The lowest BCUT2D eigenvalue weighted by Crippen LogP contribution is -2.17. The second-order valence-corrected chi connectivity index (χ2v) is 8.40. The molecule has 1 N–H and O–H groups in total. The highest BCUT2D eigenvalue weighted by atomic mass is 32.2. The van der Waals surface area contributed by atoms with Gasteiger partial charge in [-0.1, -0.05) is 35.6 Å². The molecule has 2 aromatic carbocycles. The van der Waals surface area contributed by atoms with E-state index in [9.17, 15) is 13.2 Å². The van der Waals surface area contributed by atoms with E-state index < -0.39 is 15.7 Å². The van der Waals surface area contributed by atoms with Crippen molar-refractivity contribution in [2.75, 3.05) is 18.2 Å². The third-order valence-electron chi connectivity index (χ3n) is 3.55. The molecule has 0 fully saturated rings. The van der Waals surface area contributed by atoms with E-state index in [1.165, 1.54) is 23.5 Å². The highest BCUT2D eigenvalue weighted by Crippen LogP contribution is 2.32. The number of para-hydroxylation sites is 1. The summed E-state index contributed by atoms with van der Waals surface area (Å²) >= 11 is 1.31. The minimum absolute atomic E-state index is 0.135. The monoisotopic (exact) mass is 376 g/mol. The average molecular weight is 376 g/mol. The van der Waals surface area contributed by atoms with Crippen LogP contribution in [0.25, 0.3) is 10.2 Å². The number of ether oxygens (including phenoxy) is 1. The van der Waals surface area contributed by atoms with E-state index in [1.807, 2.05) is 12.1 Å². The number of sulfone groups is 1. The fourth-order valence-electron chi connectivity index (χ4n) is 2.30. The van der Waals surface area contributed by atoms with E-state index in [-0.39, 0.29) is 17.1 Å². The van der Waals surface area contributed by atoms with E-state index in [4.69, 9.17) is 4.74 Å². The standard InChI is InChI=1S/C17H16N2O4S2/c1-23-13-8-5-9-14-16(13)19-17(24-14)18-15(20)10-11-25(21,22)12-6-3-2-4-7-12/h2-9H,10-11H2,1H3,(H,18,19,20). The van der Waals surface area contributed by atoms with Crippen LogP contribution >= 0.6 is 11.3 Å². The Morgan fingerprint density at radius 1 is 1.16 bits per heavy atom. The molecule has 0 bridgehead atoms. The van der Waals surface area contributed by atoms with Crippen LogP contribution in [0, 0.1) is 0 Å². The number of methoxy groups -OCH3 is 1. The second-order valence-electron chi connectivity index (χ2n) is 5.26. The van der Waals surface area contributed by atoms with Crippen LogP contribution in [0.3, 0.4) is 0 Å². The molecule has 1 amide bonds. The zero-order valence-corrected chi connectivity index (χ0v) is 15.1. The third-order valence-corrected chi connectivity index (χ3v) is 6.22. The lowest BCUT2D eigenvalue weighted by Gasteiger charge is -2.04. The van der Waals surface area contributed by atoms with Gasteiger partial charge < -0.3 is 10.1 Å². The number of hydrogen-bond acceptors (Lipinski definition) is 6. The number of carbonyl (C=O) groups excluding carboxylic acids is 1. The largest absolute Gasteiger partial charge is 0.494 e. The summed E-state index contributed by atoms with van der Waals surface area (Å²) in [4.78, 5) is 16.6. The molecular formula is C17H16N2O4S2. The van der Waals surface area contributed by atoms with Crippen LogP contribution in [-0.4, -0.2) is 32.2 Å². The summed E-state index contributed by atoms with van der Waals surface area (Å²) in [5, 5.41) is 3.07. The Kier molecular flexibility index (Phi) is 5.00. The van der Waals surface area contributed by atoms with Gasteiger partial charge in [-0.25, -0.2) is 13.4 Å². The molecule has 0 saturated carbocycles. The Labute approximate surface area is 149 Å². The van der Waals surface area contributed by atoms with Gasteiger partial charge in [0.05, 0.1) is 22.5 Å². The number of rotatable bonds is 6. The molecule has 0 atom stereocenters. The first kappa shape index (κ1) is 17.4. The van der Waals surface area contributed by atoms with Crippen LogP contribution in [0.1, 0.15) is 6.42 Å². The Morgan fingerprint density at radius 3 is 2.64 bits per heavy atom. The van der Waals surface area contributed by atoms with Crippen LogP contribution in [-0.2, 0) is 14.6 Å². The van der Waals surface area contributed by atoms with E-state index in [0.29, 0.717) is 16.4 Å². The molecule has 0 spiro atoms. The van der Waals surface area contributed by atoms with Crippen LogP contribution in [0.2, 0.25) is 0 Å². The Morgan fingerprint density at radius 2 is 1.92 bits per heavy atom. The first-order valence-electron chi connectivity index (χ1n) is 7.51. The molecule has 3 aromatic rings. The van der Waals surface area contributed by atoms with E-state index >= 15 is 0 Å². The fraction of sp³-hybridized carbons (Fsp3) is 0.176. The summed E-state index contributed by atoms with van der Waals surface area (Å²) in [7, 11) is -1.92.